The zero-order valence-electron chi connectivity index (χ0n) is 23.5. The van der Waals surface area contributed by atoms with Gasteiger partial charge in [-0.1, -0.05) is 175 Å². The maximum atomic E-state index is 11.4. The smallest absolute Gasteiger partial charge is 0.123 e. The average molecular weight is 465 g/mol. The lowest BCUT2D eigenvalue weighted by Gasteiger charge is -2.16. The van der Waals surface area contributed by atoms with E-state index in [9.17, 15) is 4.79 Å². The van der Waals surface area contributed by atoms with E-state index in [1.54, 1.807) is 0 Å². The van der Waals surface area contributed by atoms with Crippen LogP contribution in [-0.4, -0.2) is 6.29 Å². The number of carbonyl (C=O) groups excluding carboxylic acids is 1. The molecular weight excluding hydrogens is 400 g/mol. The van der Waals surface area contributed by atoms with Crippen LogP contribution in [-0.2, 0) is 4.79 Å². The van der Waals surface area contributed by atoms with Gasteiger partial charge in [0.05, 0.1) is 0 Å². The third kappa shape index (κ3) is 24.6. The monoisotopic (exact) mass is 464 g/mol. The second kappa shape index (κ2) is 27.9. The maximum Gasteiger partial charge on any atom is 0.123 e. The zero-order valence-corrected chi connectivity index (χ0v) is 23.5. The molecule has 0 aromatic rings. The molecule has 1 atom stereocenters. The van der Waals surface area contributed by atoms with Crippen molar-refractivity contribution in [1.29, 1.82) is 0 Å². The van der Waals surface area contributed by atoms with Crippen molar-refractivity contribution < 1.29 is 4.79 Å². The molecule has 0 saturated carbocycles. The predicted octanol–water partition coefficient (Wildman–Crippen LogP) is 11.6. The number of unbranched alkanes of at least 4 members (excludes halogenated alkanes) is 17. The van der Waals surface area contributed by atoms with Crippen molar-refractivity contribution in [3.8, 4) is 0 Å². The summed E-state index contributed by atoms with van der Waals surface area (Å²) in [5.41, 5.74) is 0. The van der Waals surface area contributed by atoms with E-state index < -0.39 is 0 Å². The second-order valence-electron chi connectivity index (χ2n) is 11.1. The van der Waals surface area contributed by atoms with Crippen LogP contribution in [0, 0.1) is 11.8 Å². The maximum absolute atomic E-state index is 11.4. The Labute approximate surface area is 210 Å². The average Bonchev–Trinajstić information content (AvgIpc) is 2.83. The third-order valence-corrected chi connectivity index (χ3v) is 7.74. The Balaban J connectivity index is 3.56. The Kier molecular flexibility index (Phi) is 27.6. The Bertz CT molecular complexity index is 354. The fourth-order valence-corrected chi connectivity index (χ4v) is 5.34. The number of hydrogen-bond donors (Lipinski definition) is 0. The van der Waals surface area contributed by atoms with Crippen LogP contribution in [0.5, 0.6) is 0 Å². The van der Waals surface area contributed by atoms with E-state index in [-0.39, 0.29) is 0 Å². The van der Waals surface area contributed by atoms with Crippen LogP contribution >= 0.6 is 0 Å². The summed E-state index contributed by atoms with van der Waals surface area (Å²) in [7, 11) is 0. The molecule has 0 aliphatic carbocycles. The summed E-state index contributed by atoms with van der Waals surface area (Å²) < 4.78 is 0. The standard InChI is InChI=1S/C32H64O/c1-4-7-10-11-14-18-23-28-32(30-33)29-24-19-16-13-12-15-17-22-27-31(25-20-8-5-2)26-21-9-6-3/h30-32H,4-29H2,1-3H3. The SMILES string of the molecule is CCCCCCCCCC(C=O)CCCCCCCCCCC(CCCCC)CCCCC. The van der Waals surface area contributed by atoms with Crippen molar-refractivity contribution in [2.45, 2.75) is 188 Å². The zero-order chi connectivity index (χ0) is 24.2. The topological polar surface area (TPSA) is 17.1 Å². The van der Waals surface area contributed by atoms with Gasteiger partial charge in [-0.25, -0.2) is 0 Å². The van der Waals surface area contributed by atoms with Gasteiger partial charge in [0.25, 0.3) is 0 Å². The molecule has 0 aromatic carbocycles. The predicted molar refractivity (Wildman–Crippen MR) is 150 cm³/mol. The van der Waals surface area contributed by atoms with E-state index in [1.165, 1.54) is 160 Å². The summed E-state index contributed by atoms with van der Waals surface area (Å²) in [5, 5.41) is 0. The molecule has 0 rings (SSSR count). The van der Waals surface area contributed by atoms with Crippen molar-refractivity contribution in [2.75, 3.05) is 0 Å². The first-order valence-corrected chi connectivity index (χ1v) is 15.7. The molecule has 0 aromatic heterocycles. The Morgan fingerprint density at radius 2 is 0.667 bits per heavy atom. The van der Waals surface area contributed by atoms with Crippen LogP contribution in [0.3, 0.4) is 0 Å². The first-order chi connectivity index (χ1) is 16.3. The van der Waals surface area contributed by atoms with E-state index in [4.69, 9.17) is 0 Å². The normalized spacial score (nSPS) is 12.5. The lowest BCUT2D eigenvalue weighted by molar-refractivity contribution is -0.111. The van der Waals surface area contributed by atoms with E-state index >= 15 is 0 Å². The summed E-state index contributed by atoms with van der Waals surface area (Å²) in [5.74, 6) is 1.35. The summed E-state index contributed by atoms with van der Waals surface area (Å²) in [4.78, 5) is 11.4. The van der Waals surface area contributed by atoms with E-state index in [1.807, 2.05) is 0 Å². The molecule has 0 saturated heterocycles. The molecule has 1 nitrogen and oxygen atoms in total. The fourth-order valence-electron chi connectivity index (χ4n) is 5.34. The van der Waals surface area contributed by atoms with Gasteiger partial charge in [0, 0.05) is 5.92 Å². The molecule has 0 bridgehead atoms. The second-order valence-corrected chi connectivity index (χ2v) is 11.1. The van der Waals surface area contributed by atoms with E-state index in [2.05, 4.69) is 20.8 Å². The molecule has 0 aliphatic rings. The fraction of sp³-hybridized carbons (Fsp3) is 0.969. The van der Waals surface area contributed by atoms with Crippen LogP contribution in [0.4, 0.5) is 0 Å². The number of aldehydes is 1. The summed E-state index contributed by atoms with van der Waals surface area (Å²) >= 11 is 0. The third-order valence-electron chi connectivity index (χ3n) is 7.74. The highest BCUT2D eigenvalue weighted by molar-refractivity contribution is 5.53. The summed E-state index contributed by atoms with van der Waals surface area (Å²) in [6, 6.07) is 0. The van der Waals surface area contributed by atoms with Crippen LogP contribution in [0.2, 0.25) is 0 Å². The lowest BCUT2D eigenvalue weighted by atomic mass is 9.90. The van der Waals surface area contributed by atoms with Gasteiger partial charge in [-0.2, -0.15) is 0 Å². The van der Waals surface area contributed by atoms with Crippen LogP contribution < -0.4 is 0 Å². The van der Waals surface area contributed by atoms with E-state index in [0.717, 1.165) is 18.8 Å². The first kappa shape index (κ1) is 32.7. The van der Waals surface area contributed by atoms with Crippen molar-refractivity contribution in [3.05, 3.63) is 0 Å². The van der Waals surface area contributed by atoms with E-state index in [0.29, 0.717) is 5.92 Å². The van der Waals surface area contributed by atoms with Crippen molar-refractivity contribution in [2.24, 2.45) is 11.8 Å². The minimum Gasteiger partial charge on any atom is -0.303 e. The molecule has 33 heavy (non-hydrogen) atoms. The highest BCUT2D eigenvalue weighted by Crippen LogP contribution is 2.24. The van der Waals surface area contributed by atoms with Gasteiger partial charge in [-0.15, -0.1) is 0 Å². The molecule has 0 amide bonds. The minimum atomic E-state index is 0.336. The van der Waals surface area contributed by atoms with Gasteiger partial charge in [-0.3, -0.25) is 0 Å². The molecule has 0 aliphatic heterocycles. The largest absolute Gasteiger partial charge is 0.303 e. The number of carbonyl (C=O) groups is 1. The molecular formula is C32H64O. The first-order valence-electron chi connectivity index (χ1n) is 15.7. The van der Waals surface area contributed by atoms with Crippen molar-refractivity contribution in [1.82, 2.24) is 0 Å². The molecule has 0 spiro atoms. The molecule has 0 N–H and O–H groups in total. The van der Waals surface area contributed by atoms with Crippen LogP contribution in [0.1, 0.15) is 188 Å². The molecule has 198 valence electrons. The quantitative estimate of drug-likeness (QED) is 0.0830. The number of hydrogen-bond acceptors (Lipinski definition) is 1. The molecule has 1 heteroatoms. The van der Waals surface area contributed by atoms with Gasteiger partial charge in [0.2, 0.25) is 0 Å². The van der Waals surface area contributed by atoms with Gasteiger partial charge < -0.3 is 4.79 Å². The highest BCUT2D eigenvalue weighted by atomic mass is 16.1. The Morgan fingerprint density at radius 1 is 0.394 bits per heavy atom. The molecule has 1 unspecified atom stereocenters. The Hall–Kier alpha value is -0.330. The van der Waals surface area contributed by atoms with Crippen molar-refractivity contribution in [3.63, 3.8) is 0 Å². The van der Waals surface area contributed by atoms with Gasteiger partial charge in [-0.05, 0) is 18.8 Å². The van der Waals surface area contributed by atoms with Crippen molar-refractivity contribution >= 4 is 6.29 Å². The molecule has 0 heterocycles. The molecule has 0 fully saturated rings. The summed E-state index contributed by atoms with van der Waals surface area (Å²) in [6.07, 6.45) is 37.0. The van der Waals surface area contributed by atoms with Gasteiger partial charge >= 0.3 is 0 Å². The van der Waals surface area contributed by atoms with Crippen LogP contribution in [0.25, 0.3) is 0 Å². The number of rotatable bonds is 28. The lowest BCUT2D eigenvalue weighted by Crippen LogP contribution is -2.02. The summed E-state index contributed by atoms with van der Waals surface area (Å²) in [6.45, 7) is 6.92. The van der Waals surface area contributed by atoms with Gasteiger partial charge in [0.1, 0.15) is 6.29 Å². The van der Waals surface area contributed by atoms with Crippen LogP contribution in [0.15, 0.2) is 0 Å². The minimum absolute atomic E-state index is 0.336. The Morgan fingerprint density at radius 3 is 1.03 bits per heavy atom. The highest BCUT2D eigenvalue weighted by Gasteiger charge is 2.09. The van der Waals surface area contributed by atoms with Gasteiger partial charge in [0.15, 0.2) is 0 Å². The molecule has 0 radical (unpaired) electrons.